The smallest absolute Gasteiger partial charge is 0.00503 e. The molecule has 0 aromatic carbocycles. The van der Waals surface area contributed by atoms with Gasteiger partial charge in [-0.25, -0.2) is 0 Å². The zero-order valence-corrected chi connectivity index (χ0v) is 9.56. The van der Waals surface area contributed by atoms with Crippen molar-refractivity contribution >= 4 is 0 Å². The monoisotopic (exact) mass is 181 g/mol. The summed E-state index contributed by atoms with van der Waals surface area (Å²) in [6.07, 6.45) is 4.42. The van der Waals surface area contributed by atoms with Crippen LogP contribution in [0.25, 0.3) is 0 Å². The molecule has 1 heterocycles. The molecule has 0 amide bonds. The molecule has 0 aromatic heterocycles. The van der Waals surface area contributed by atoms with Crippen LogP contribution in [0.5, 0.6) is 0 Å². The summed E-state index contributed by atoms with van der Waals surface area (Å²) in [6.45, 7) is 9.97. The van der Waals surface area contributed by atoms with Gasteiger partial charge in [0, 0.05) is 13.1 Å². The summed E-state index contributed by atoms with van der Waals surface area (Å²) in [7, 11) is 2.25. The van der Waals surface area contributed by atoms with Crippen molar-refractivity contribution in [3.63, 3.8) is 0 Å². The first-order valence-corrected chi connectivity index (χ1v) is 5.63. The highest BCUT2D eigenvalue weighted by Gasteiger charge is 2.53. The highest BCUT2D eigenvalue weighted by Crippen LogP contribution is 2.55. The zero-order valence-electron chi connectivity index (χ0n) is 9.56. The SMILES string of the molecule is CN1CC2(CCC[C@@H]2C(C)(C)C)C1. The standard InChI is InChI=1S/C12H23N/c1-11(2,3)10-6-5-7-12(10)8-13(4)9-12/h10H,5-9H2,1-4H3/t10-/m1/s1. The van der Waals surface area contributed by atoms with Crippen molar-refractivity contribution in [2.45, 2.75) is 40.0 Å². The first kappa shape index (κ1) is 9.51. The Labute approximate surface area is 82.5 Å². The van der Waals surface area contributed by atoms with Crippen molar-refractivity contribution in [1.82, 2.24) is 4.90 Å². The van der Waals surface area contributed by atoms with Crippen molar-refractivity contribution < 1.29 is 0 Å². The van der Waals surface area contributed by atoms with Crippen LogP contribution in [0.1, 0.15) is 40.0 Å². The van der Waals surface area contributed by atoms with Crippen LogP contribution in [-0.4, -0.2) is 25.0 Å². The Bertz CT molecular complexity index is 196. The Balaban J connectivity index is 2.12. The van der Waals surface area contributed by atoms with Gasteiger partial charge in [-0.3, -0.25) is 0 Å². The molecular formula is C12H23N. The zero-order chi connectivity index (χ0) is 9.69. The average molecular weight is 181 g/mol. The molecule has 1 saturated heterocycles. The van der Waals surface area contributed by atoms with E-state index in [1.54, 1.807) is 0 Å². The highest BCUT2D eigenvalue weighted by atomic mass is 15.2. The first-order chi connectivity index (χ1) is 5.94. The van der Waals surface area contributed by atoms with E-state index in [9.17, 15) is 0 Å². The Kier molecular flexibility index (Phi) is 1.99. The van der Waals surface area contributed by atoms with E-state index in [4.69, 9.17) is 0 Å². The summed E-state index contributed by atoms with van der Waals surface area (Å²) in [6, 6.07) is 0. The Morgan fingerprint density at radius 2 is 1.85 bits per heavy atom. The van der Waals surface area contributed by atoms with Gasteiger partial charge in [0.15, 0.2) is 0 Å². The van der Waals surface area contributed by atoms with Crippen LogP contribution in [0, 0.1) is 16.7 Å². The van der Waals surface area contributed by atoms with Crippen molar-refractivity contribution in [3.05, 3.63) is 0 Å². The summed E-state index contributed by atoms with van der Waals surface area (Å²) >= 11 is 0. The molecule has 2 rings (SSSR count). The molecule has 2 aliphatic rings. The molecule has 1 aliphatic carbocycles. The molecule has 2 fully saturated rings. The van der Waals surface area contributed by atoms with Gasteiger partial charge in [-0.2, -0.15) is 0 Å². The third-order valence-electron chi connectivity index (χ3n) is 4.12. The fraction of sp³-hybridized carbons (Fsp3) is 1.00. The summed E-state index contributed by atoms with van der Waals surface area (Å²) < 4.78 is 0. The Morgan fingerprint density at radius 1 is 1.23 bits per heavy atom. The second kappa shape index (κ2) is 2.73. The predicted octanol–water partition coefficient (Wildman–Crippen LogP) is 2.76. The van der Waals surface area contributed by atoms with Crippen LogP contribution in [0.15, 0.2) is 0 Å². The fourth-order valence-electron chi connectivity index (χ4n) is 3.90. The van der Waals surface area contributed by atoms with Gasteiger partial charge in [-0.1, -0.05) is 27.2 Å². The van der Waals surface area contributed by atoms with E-state index in [1.807, 2.05) is 0 Å². The van der Waals surface area contributed by atoms with E-state index in [-0.39, 0.29) is 0 Å². The number of nitrogens with zero attached hydrogens (tertiary/aromatic N) is 1. The van der Waals surface area contributed by atoms with E-state index in [0.717, 1.165) is 5.92 Å². The summed E-state index contributed by atoms with van der Waals surface area (Å²) in [5, 5.41) is 0. The molecule has 1 aliphatic heterocycles. The third kappa shape index (κ3) is 1.41. The molecule has 13 heavy (non-hydrogen) atoms. The van der Waals surface area contributed by atoms with Crippen LogP contribution in [0.4, 0.5) is 0 Å². The lowest BCUT2D eigenvalue weighted by Gasteiger charge is -2.54. The maximum atomic E-state index is 2.48. The van der Waals surface area contributed by atoms with Gasteiger partial charge in [-0.15, -0.1) is 0 Å². The van der Waals surface area contributed by atoms with Gasteiger partial charge < -0.3 is 4.90 Å². The molecule has 0 N–H and O–H groups in total. The molecule has 0 bridgehead atoms. The topological polar surface area (TPSA) is 3.24 Å². The fourth-order valence-corrected chi connectivity index (χ4v) is 3.90. The van der Waals surface area contributed by atoms with Gasteiger partial charge in [0.25, 0.3) is 0 Å². The van der Waals surface area contributed by atoms with Crippen LogP contribution >= 0.6 is 0 Å². The predicted molar refractivity (Wildman–Crippen MR) is 56.7 cm³/mol. The van der Waals surface area contributed by atoms with Crippen molar-refractivity contribution in [1.29, 1.82) is 0 Å². The van der Waals surface area contributed by atoms with Crippen LogP contribution in [0.3, 0.4) is 0 Å². The minimum atomic E-state index is 0.526. The lowest BCUT2D eigenvalue weighted by atomic mass is 9.62. The molecule has 1 spiro atoms. The van der Waals surface area contributed by atoms with Crippen LogP contribution in [0.2, 0.25) is 0 Å². The van der Waals surface area contributed by atoms with Crippen LogP contribution < -0.4 is 0 Å². The minimum Gasteiger partial charge on any atom is -0.305 e. The molecule has 1 saturated carbocycles. The van der Waals surface area contributed by atoms with E-state index < -0.39 is 0 Å². The molecule has 1 atom stereocenters. The number of hydrogen-bond donors (Lipinski definition) is 0. The molecule has 0 aromatic rings. The van der Waals surface area contributed by atoms with Crippen molar-refractivity contribution in [3.8, 4) is 0 Å². The lowest BCUT2D eigenvalue weighted by molar-refractivity contribution is -0.0493. The quantitative estimate of drug-likeness (QED) is 0.555. The number of likely N-dealkylation sites (tertiary alicyclic amines) is 1. The minimum absolute atomic E-state index is 0.526. The second-order valence-electron chi connectivity index (χ2n) is 6.35. The normalized spacial score (nSPS) is 33.7. The van der Waals surface area contributed by atoms with Gasteiger partial charge in [-0.05, 0) is 36.6 Å². The average Bonchev–Trinajstić information content (AvgIpc) is 2.28. The van der Waals surface area contributed by atoms with Crippen molar-refractivity contribution in [2.24, 2.45) is 16.7 Å². The van der Waals surface area contributed by atoms with Crippen LogP contribution in [-0.2, 0) is 0 Å². The summed E-state index contributed by atoms with van der Waals surface area (Å²) in [4.78, 5) is 2.48. The van der Waals surface area contributed by atoms with E-state index in [2.05, 4.69) is 32.7 Å². The Hall–Kier alpha value is -0.0400. The maximum absolute atomic E-state index is 2.48. The van der Waals surface area contributed by atoms with Gasteiger partial charge in [0.1, 0.15) is 0 Å². The lowest BCUT2D eigenvalue weighted by Crippen LogP contribution is -2.58. The molecule has 1 nitrogen and oxygen atoms in total. The first-order valence-electron chi connectivity index (χ1n) is 5.63. The molecular weight excluding hydrogens is 158 g/mol. The van der Waals surface area contributed by atoms with Crippen molar-refractivity contribution in [2.75, 3.05) is 20.1 Å². The third-order valence-corrected chi connectivity index (χ3v) is 4.12. The van der Waals surface area contributed by atoms with Gasteiger partial charge in [0.05, 0.1) is 0 Å². The molecule has 1 heteroatoms. The van der Waals surface area contributed by atoms with E-state index >= 15 is 0 Å². The number of hydrogen-bond acceptors (Lipinski definition) is 1. The maximum Gasteiger partial charge on any atom is 0.00503 e. The highest BCUT2D eigenvalue weighted by molar-refractivity contribution is 5.04. The second-order valence-corrected chi connectivity index (χ2v) is 6.35. The Morgan fingerprint density at radius 3 is 2.31 bits per heavy atom. The van der Waals surface area contributed by atoms with Gasteiger partial charge >= 0.3 is 0 Å². The van der Waals surface area contributed by atoms with Gasteiger partial charge in [0.2, 0.25) is 0 Å². The molecule has 0 unspecified atom stereocenters. The molecule has 76 valence electrons. The summed E-state index contributed by atoms with van der Waals surface area (Å²) in [5.74, 6) is 0.969. The van der Waals surface area contributed by atoms with E-state index in [1.165, 1.54) is 32.4 Å². The van der Waals surface area contributed by atoms with E-state index in [0.29, 0.717) is 10.8 Å². The number of rotatable bonds is 0. The molecule has 0 radical (unpaired) electrons. The largest absolute Gasteiger partial charge is 0.305 e. The summed E-state index contributed by atoms with van der Waals surface area (Å²) in [5.41, 5.74) is 1.24.